The maximum absolute atomic E-state index is 10.3. The fraction of sp³-hybridized carbons (Fsp3) is 0. The number of aromatic hydroxyl groups is 1. The summed E-state index contributed by atoms with van der Waals surface area (Å²) < 4.78 is 6.30. The van der Waals surface area contributed by atoms with Gasteiger partial charge >= 0.3 is 0 Å². The van der Waals surface area contributed by atoms with Gasteiger partial charge in [0, 0.05) is 44.0 Å². The Hall–Kier alpha value is -4.21. The van der Waals surface area contributed by atoms with E-state index in [9.17, 15) is 5.11 Å². The number of benzene rings is 4. The van der Waals surface area contributed by atoms with Gasteiger partial charge in [-0.25, -0.2) is 0 Å². The van der Waals surface area contributed by atoms with Crippen LogP contribution < -0.4 is 0 Å². The molecular weight excluding hydrogens is 629 g/mol. The van der Waals surface area contributed by atoms with Crippen LogP contribution in [0.2, 0.25) is 0 Å². The SMILES string of the molecule is Oc1ccccc1-c1nc(-c2[c-]c(-c3cc4ccccc4cn3)c3oc4ccccc4c3c2)c[nH]1.[Pt]. The Balaban J connectivity index is 0.00000240. The number of nitrogens with zero attached hydrogens (tertiary/aromatic N) is 2. The maximum atomic E-state index is 10.3. The van der Waals surface area contributed by atoms with Crippen LogP contribution >= 0.6 is 0 Å². The molecule has 36 heavy (non-hydrogen) atoms. The molecule has 0 aliphatic rings. The number of rotatable bonds is 3. The molecule has 0 bridgehead atoms. The van der Waals surface area contributed by atoms with Gasteiger partial charge in [0.1, 0.15) is 17.2 Å². The summed E-state index contributed by atoms with van der Waals surface area (Å²) >= 11 is 0. The summed E-state index contributed by atoms with van der Waals surface area (Å²) in [4.78, 5) is 12.7. The minimum Gasteiger partial charge on any atom is -0.507 e. The average Bonchev–Trinajstić information content (AvgIpc) is 3.53. The van der Waals surface area contributed by atoms with Crippen LogP contribution in [0.4, 0.5) is 0 Å². The van der Waals surface area contributed by atoms with Crippen LogP contribution in [0.1, 0.15) is 0 Å². The minimum absolute atomic E-state index is 0. The first-order chi connectivity index (χ1) is 17.2. The number of phenols is 1. The standard InChI is InChI=1S/C30H18N3O2.Pt/c34-27-11-5-3-10-22(27)30-32-17-26(33-30)20-13-23-21-9-4-6-12-28(21)35-29(23)24(14-20)25-15-18-7-1-2-8-19(18)16-31-25;/h1-13,15-17,34H,(H,32,33);/q-1;. The van der Waals surface area contributed by atoms with Crippen molar-refractivity contribution in [3.63, 3.8) is 0 Å². The third-order valence-electron chi connectivity index (χ3n) is 6.31. The van der Waals surface area contributed by atoms with Gasteiger partial charge in [0.25, 0.3) is 0 Å². The van der Waals surface area contributed by atoms with Crippen LogP contribution in [-0.4, -0.2) is 20.1 Å². The molecule has 0 radical (unpaired) electrons. The van der Waals surface area contributed by atoms with Crippen molar-refractivity contribution in [1.29, 1.82) is 0 Å². The van der Waals surface area contributed by atoms with E-state index in [0.717, 1.165) is 55.2 Å². The monoisotopic (exact) mass is 647 g/mol. The van der Waals surface area contributed by atoms with Crippen LogP contribution in [0, 0.1) is 6.07 Å². The molecule has 0 aliphatic heterocycles. The number of nitrogens with one attached hydrogen (secondary N) is 1. The Labute approximate surface area is 220 Å². The molecule has 0 atom stereocenters. The summed E-state index contributed by atoms with van der Waals surface area (Å²) in [6.07, 6.45) is 3.71. The fourth-order valence-electron chi connectivity index (χ4n) is 4.58. The van der Waals surface area contributed by atoms with Crippen LogP contribution in [0.15, 0.2) is 102 Å². The van der Waals surface area contributed by atoms with E-state index in [4.69, 9.17) is 14.4 Å². The van der Waals surface area contributed by atoms with Crippen LogP contribution in [0.3, 0.4) is 0 Å². The third kappa shape index (κ3) is 3.60. The summed E-state index contributed by atoms with van der Waals surface area (Å²) in [6.45, 7) is 0. The Morgan fingerprint density at radius 2 is 1.58 bits per heavy atom. The first-order valence-electron chi connectivity index (χ1n) is 11.3. The zero-order chi connectivity index (χ0) is 23.4. The Bertz CT molecular complexity index is 1890. The third-order valence-corrected chi connectivity index (χ3v) is 6.31. The maximum Gasteiger partial charge on any atom is 0.133 e. The van der Waals surface area contributed by atoms with Gasteiger partial charge in [-0.05, 0) is 40.6 Å². The zero-order valence-electron chi connectivity index (χ0n) is 18.8. The van der Waals surface area contributed by atoms with E-state index < -0.39 is 0 Å². The smallest absolute Gasteiger partial charge is 0.133 e. The van der Waals surface area contributed by atoms with Crippen LogP contribution in [-0.2, 0) is 21.1 Å². The number of hydrogen-bond acceptors (Lipinski definition) is 4. The first-order valence-corrected chi connectivity index (χ1v) is 11.3. The molecular formula is C30H18N3O2Pt-. The quantitative estimate of drug-likeness (QED) is 0.197. The molecule has 0 saturated heterocycles. The molecule has 0 saturated carbocycles. The molecule has 0 amide bonds. The summed E-state index contributed by atoms with van der Waals surface area (Å²) in [6, 6.07) is 30.9. The molecule has 0 aliphatic carbocycles. The van der Waals surface area contributed by atoms with Gasteiger partial charge < -0.3 is 14.5 Å². The summed E-state index contributed by atoms with van der Waals surface area (Å²) in [5, 5.41) is 14.4. The van der Waals surface area contributed by atoms with Gasteiger partial charge in [-0.3, -0.25) is 9.97 Å². The Kier molecular flexibility index (Phi) is 5.43. The summed E-state index contributed by atoms with van der Waals surface area (Å²) in [5.41, 5.74) is 5.30. The molecule has 6 heteroatoms. The number of imidazole rings is 1. The second-order valence-corrected chi connectivity index (χ2v) is 8.47. The van der Waals surface area contributed by atoms with E-state index in [-0.39, 0.29) is 26.8 Å². The van der Waals surface area contributed by atoms with Crippen molar-refractivity contribution >= 4 is 32.7 Å². The van der Waals surface area contributed by atoms with E-state index >= 15 is 0 Å². The number of aromatic amines is 1. The van der Waals surface area contributed by atoms with Crippen LogP contribution in [0.5, 0.6) is 5.75 Å². The number of H-pyrrole nitrogens is 1. The largest absolute Gasteiger partial charge is 0.507 e. The fourth-order valence-corrected chi connectivity index (χ4v) is 4.58. The van der Waals surface area contributed by atoms with Crippen molar-refractivity contribution in [2.24, 2.45) is 0 Å². The summed E-state index contributed by atoms with van der Waals surface area (Å²) in [5.74, 6) is 0.767. The molecule has 3 heterocycles. The van der Waals surface area contributed by atoms with Gasteiger partial charge in [0.15, 0.2) is 0 Å². The van der Waals surface area contributed by atoms with Gasteiger partial charge in [-0.1, -0.05) is 71.8 Å². The molecule has 3 aromatic heterocycles. The first kappa shape index (κ1) is 22.3. The van der Waals surface area contributed by atoms with E-state index in [2.05, 4.69) is 35.3 Å². The number of phenolic OH excluding ortho intramolecular Hbond substituents is 1. The second-order valence-electron chi connectivity index (χ2n) is 8.47. The van der Waals surface area contributed by atoms with Gasteiger partial charge in [0.2, 0.25) is 0 Å². The van der Waals surface area contributed by atoms with Crippen molar-refractivity contribution in [3.05, 3.63) is 103 Å². The predicted molar refractivity (Wildman–Crippen MR) is 138 cm³/mol. The normalized spacial score (nSPS) is 11.2. The Morgan fingerprint density at radius 1 is 0.806 bits per heavy atom. The zero-order valence-corrected chi connectivity index (χ0v) is 21.1. The molecule has 5 nitrogen and oxygen atoms in total. The van der Waals surface area contributed by atoms with Crippen molar-refractivity contribution in [1.82, 2.24) is 15.0 Å². The summed E-state index contributed by atoms with van der Waals surface area (Å²) in [7, 11) is 0. The minimum atomic E-state index is 0. The van der Waals surface area contributed by atoms with Gasteiger partial charge in [0.05, 0.1) is 11.1 Å². The second kappa shape index (κ2) is 8.78. The molecule has 0 fully saturated rings. The molecule has 0 unspecified atom stereocenters. The van der Waals surface area contributed by atoms with Crippen molar-refractivity contribution < 1.29 is 30.6 Å². The number of aromatic nitrogens is 3. The van der Waals surface area contributed by atoms with Crippen LogP contribution in [0.25, 0.3) is 66.6 Å². The average molecular weight is 648 g/mol. The van der Waals surface area contributed by atoms with E-state index in [1.165, 1.54) is 0 Å². The molecule has 4 aromatic carbocycles. The van der Waals surface area contributed by atoms with E-state index in [1.807, 2.05) is 60.9 Å². The number of para-hydroxylation sites is 2. The van der Waals surface area contributed by atoms with E-state index in [1.54, 1.807) is 12.1 Å². The topological polar surface area (TPSA) is 74.9 Å². The predicted octanol–water partition coefficient (Wildman–Crippen LogP) is 7.36. The molecule has 0 spiro atoms. The Morgan fingerprint density at radius 3 is 2.47 bits per heavy atom. The molecule has 2 N–H and O–H groups in total. The van der Waals surface area contributed by atoms with Crippen molar-refractivity contribution in [3.8, 4) is 39.7 Å². The van der Waals surface area contributed by atoms with Crippen molar-refractivity contribution in [2.45, 2.75) is 0 Å². The molecule has 7 rings (SSSR count). The van der Waals surface area contributed by atoms with E-state index in [0.29, 0.717) is 11.4 Å². The molecule has 176 valence electrons. The van der Waals surface area contributed by atoms with Crippen molar-refractivity contribution in [2.75, 3.05) is 0 Å². The van der Waals surface area contributed by atoms with Gasteiger partial charge in [-0.15, -0.1) is 12.1 Å². The number of pyridine rings is 1. The number of furan rings is 1. The number of hydrogen-bond donors (Lipinski definition) is 2. The molecule has 7 aromatic rings. The number of fused-ring (bicyclic) bond motifs is 4. The van der Waals surface area contributed by atoms with Gasteiger partial charge in [-0.2, -0.15) is 0 Å².